The molecule has 37 heavy (non-hydrogen) atoms. The number of esters is 1. The number of carbonyl (C=O) groups excluding carboxylic acids is 1. The Morgan fingerprint density at radius 2 is 2.05 bits per heavy atom. The molecule has 1 atom stereocenters. The van der Waals surface area contributed by atoms with Gasteiger partial charge >= 0.3 is 5.97 Å². The van der Waals surface area contributed by atoms with Crippen molar-refractivity contribution in [2.45, 2.75) is 58.4 Å². The summed E-state index contributed by atoms with van der Waals surface area (Å²) in [5.41, 5.74) is 2.59. The van der Waals surface area contributed by atoms with Crippen molar-refractivity contribution in [1.29, 1.82) is 0 Å². The van der Waals surface area contributed by atoms with Gasteiger partial charge < -0.3 is 9.64 Å². The number of hydrogen-bond acceptors (Lipinski definition) is 8. The lowest BCUT2D eigenvalue weighted by Crippen LogP contribution is -2.36. The van der Waals surface area contributed by atoms with E-state index in [1.54, 1.807) is 34.9 Å². The summed E-state index contributed by atoms with van der Waals surface area (Å²) in [6.45, 7) is 3.33. The first kappa shape index (κ1) is 25.2. The highest BCUT2D eigenvalue weighted by atomic mass is 19.3. The zero-order valence-electron chi connectivity index (χ0n) is 21.2. The number of pyridine rings is 1. The molecular formula is C25H32F2N8O2. The van der Waals surface area contributed by atoms with Crippen LogP contribution in [-0.4, -0.2) is 60.6 Å². The van der Waals surface area contributed by atoms with Crippen molar-refractivity contribution in [3.63, 3.8) is 0 Å². The SMILES string of the molecule is CC(=O)OCC[C@H]1CCCN(c2ccc(-c3nnn(C)c3Cn3ncc(CC4CC4)n3)nc2C(F)F)C1. The summed E-state index contributed by atoms with van der Waals surface area (Å²) < 4.78 is 35.1. The van der Waals surface area contributed by atoms with Gasteiger partial charge in [-0.1, -0.05) is 5.21 Å². The van der Waals surface area contributed by atoms with Crippen molar-refractivity contribution in [2.24, 2.45) is 18.9 Å². The molecule has 1 saturated heterocycles. The number of aryl methyl sites for hydroxylation is 1. The monoisotopic (exact) mass is 514 g/mol. The summed E-state index contributed by atoms with van der Waals surface area (Å²) in [7, 11) is 1.76. The van der Waals surface area contributed by atoms with Gasteiger partial charge in [-0.25, -0.2) is 18.4 Å². The molecule has 1 aliphatic carbocycles. The topological polar surface area (TPSA) is 104 Å². The van der Waals surface area contributed by atoms with Crippen molar-refractivity contribution in [3.05, 3.63) is 35.4 Å². The van der Waals surface area contributed by atoms with Crippen molar-refractivity contribution >= 4 is 11.7 Å². The molecule has 0 aromatic carbocycles. The number of carbonyl (C=O) groups is 1. The predicted molar refractivity (Wildman–Crippen MR) is 131 cm³/mol. The summed E-state index contributed by atoms with van der Waals surface area (Å²) in [5.74, 6) is 0.660. The van der Waals surface area contributed by atoms with Gasteiger partial charge in [0.2, 0.25) is 0 Å². The molecule has 0 unspecified atom stereocenters. The maximum Gasteiger partial charge on any atom is 0.302 e. The van der Waals surface area contributed by atoms with E-state index < -0.39 is 6.43 Å². The minimum Gasteiger partial charge on any atom is -0.466 e. The third-order valence-corrected chi connectivity index (χ3v) is 7.06. The van der Waals surface area contributed by atoms with Crippen LogP contribution in [0.1, 0.15) is 62.5 Å². The van der Waals surface area contributed by atoms with Crippen LogP contribution >= 0.6 is 0 Å². The molecule has 4 heterocycles. The smallest absolute Gasteiger partial charge is 0.302 e. The fourth-order valence-electron chi connectivity index (χ4n) is 4.92. The molecule has 0 N–H and O–H groups in total. The van der Waals surface area contributed by atoms with Crippen LogP contribution in [0.25, 0.3) is 11.4 Å². The fraction of sp³-hybridized carbons (Fsp3) is 0.600. The zero-order chi connectivity index (χ0) is 25.9. The predicted octanol–water partition coefficient (Wildman–Crippen LogP) is 3.58. The molecule has 2 fully saturated rings. The average molecular weight is 515 g/mol. The van der Waals surface area contributed by atoms with E-state index in [0.717, 1.165) is 25.0 Å². The van der Waals surface area contributed by atoms with Gasteiger partial charge in [0, 0.05) is 27.1 Å². The first-order chi connectivity index (χ1) is 17.9. The van der Waals surface area contributed by atoms with Gasteiger partial charge in [0.15, 0.2) is 0 Å². The number of ether oxygens (including phenoxy) is 1. The summed E-state index contributed by atoms with van der Waals surface area (Å²) in [6, 6.07) is 3.43. The molecular weight excluding hydrogens is 482 g/mol. The minimum absolute atomic E-state index is 0.260. The van der Waals surface area contributed by atoms with Crippen molar-refractivity contribution in [3.8, 4) is 11.4 Å². The normalized spacial score (nSPS) is 18.0. The van der Waals surface area contributed by atoms with Gasteiger partial charge in [-0.15, -0.1) is 5.10 Å². The fourth-order valence-corrected chi connectivity index (χ4v) is 4.92. The minimum atomic E-state index is -2.74. The van der Waals surface area contributed by atoms with Gasteiger partial charge in [0.05, 0.1) is 35.6 Å². The van der Waals surface area contributed by atoms with Crippen LogP contribution in [0.3, 0.4) is 0 Å². The highest BCUT2D eigenvalue weighted by Crippen LogP contribution is 2.35. The van der Waals surface area contributed by atoms with Crippen LogP contribution < -0.4 is 4.90 Å². The van der Waals surface area contributed by atoms with Crippen LogP contribution in [-0.2, 0) is 29.5 Å². The summed E-state index contributed by atoms with van der Waals surface area (Å²) >= 11 is 0. The van der Waals surface area contributed by atoms with E-state index >= 15 is 0 Å². The Bertz CT molecular complexity index is 1240. The summed E-state index contributed by atoms with van der Waals surface area (Å²) in [5, 5.41) is 17.3. The quantitative estimate of drug-likeness (QED) is 0.378. The van der Waals surface area contributed by atoms with Crippen LogP contribution in [0.15, 0.2) is 18.3 Å². The Balaban J connectivity index is 1.35. The van der Waals surface area contributed by atoms with E-state index in [4.69, 9.17) is 4.74 Å². The number of rotatable bonds is 10. The third kappa shape index (κ3) is 6.11. The molecule has 3 aromatic heterocycles. The maximum absolute atomic E-state index is 14.2. The number of hydrogen-bond donors (Lipinski definition) is 0. The average Bonchev–Trinajstić information content (AvgIpc) is 3.46. The molecule has 1 saturated carbocycles. The molecule has 0 bridgehead atoms. The highest BCUT2D eigenvalue weighted by Gasteiger charge is 2.27. The van der Waals surface area contributed by atoms with Crippen LogP contribution in [0.2, 0.25) is 0 Å². The maximum atomic E-state index is 14.2. The molecule has 3 aromatic rings. The first-order valence-electron chi connectivity index (χ1n) is 12.8. The van der Waals surface area contributed by atoms with Crippen molar-refractivity contribution in [2.75, 3.05) is 24.6 Å². The van der Waals surface area contributed by atoms with E-state index in [9.17, 15) is 13.6 Å². The zero-order valence-corrected chi connectivity index (χ0v) is 21.2. The lowest BCUT2D eigenvalue weighted by Gasteiger charge is -2.35. The molecule has 0 spiro atoms. The second-order valence-corrected chi connectivity index (χ2v) is 10.0. The van der Waals surface area contributed by atoms with Crippen molar-refractivity contribution < 1.29 is 18.3 Å². The molecule has 12 heteroatoms. The molecule has 2 aliphatic rings. The van der Waals surface area contributed by atoms with E-state index in [-0.39, 0.29) is 17.6 Å². The molecule has 198 valence electrons. The Morgan fingerprint density at radius 3 is 2.81 bits per heavy atom. The van der Waals surface area contributed by atoms with E-state index in [1.165, 1.54) is 19.8 Å². The summed E-state index contributed by atoms with van der Waals surface area (Å²) in [6.07, 6.45) is 5.00. The largest absolute Gasteiger partial charge is 0.466 e. The lowest BCUT2D eigenvalue weighted by molar-refractivity contribution is -0.141. The van der Waals surface area contributed by atoms with Gasteiger partial charge in [0.25, 0.3) is 6.43 Å². The van der Waals surface area contributed by atoms with E-state index in [0.29, 0.717) is 61.3 Å². The van der Waals surface area contributed by atoms with Gasteiger partial charge in [-0.3, -0.25) is 4.79 Å². The van der Waals surface area contributed by atoms with Crippen LogP contribution in [0.5, 0.6) is 0 Å². The van der Waals surface area contributed by atoms with Crippen LogP contribution in [0.4, 0.5) is 14.5 Å². The Labute approximate surface area is 214 Å². The van der Waals surface area contributed by atoms with Gasteiger partial charge in [0.1, 0.15) is 17.9 Å². The molecule has 1 aliphatic heterocycles. The number of anilines is 1. The van der Waals surface area contributed by atoms with E-state index in [2.05, 4.69) is 25.5 Å². The molecule has 0 amide bonds. The standard InChI is InChI=1S/C25H32F2N8O2/c1-16(36)37-11-9-18-4-3-10-34(14-18)21-8-7-20(29-24(21)25(26)27)23-22(33(2)32-30-23)15-35-28-13-19(31-35)12-17-5-6-17/h7-8,13,17-18,25H,3-6,9-12,14-15H2,1-2H3/t18-/m1/s1. The molecule has 0 radical (unpaired) electrons. The Kier molecular flexibility index (Phi) is 7.43. The third-order valence-electron chi connectivity index (χ3n) is 7.06. The van der Waals surface area contributed by atoms with Crippen LogP contribution in [0, 0.1) is 11.8 Å². The van der Waals surface area contributed by atoms with Crippen molar-refractivity contribution in [1.82, 2.24) is 35.0 Å². The number of halogens is 2. The number of alkyl halides is 2. The second kappa shape index (κ2) is 10.9. The van der Waals surface area contributed by atoms with E-state index in [1.807, 2.05) is 4.90 Å². The Morgan fingerprint density at radius 1 is 1.22 bits per heavy atom. The lowest BCUT2D eigenvalue weighted by atomic mass is 9.94. The summed E-state index contributed by atoms with van der Waals surface area (Å²) in [4.78, 5) is 19.0. The number of nitrogens with zero attached hydrogens (tertiary/aromatic N) is 8. The van der Waals surface area contributed by atoms with Gasteiger partial charge in [-0.05, 0) is 62.5 Å². The molecule has 5 rings (SSSR count). The molecule has 10 nitrogen and oxygen atoms in total. The number of piperidine rings is 1. The van der Waals surface area contributed by atoms with Gasteiger partial charge in [-0.2, -0.15) is 15.0 Å². The Hall–Kier alpha value is -3.44. The number of aromatic nitrogens is 7. The first-order valence-corrected chi connectivity index (χ1v) is 12.8. The highest BCUT2D eigenvalue weighted by molar-refractivity contribution is 5.66. The second-order valence-electron chi connectivity index (χ2n) is 10.0.